The van der Waals surface area contributed by atoms with E-state index >= 15 is 0 Å². The van der Waals surface area contributed by atoms with Crippen LogP contribution in [0.15, 0.2) is 18.3 Å². The highest BCUT2D eigenvalue weighted by atomic mass is 16.3. The van der Waals surface area contributed by atoms with Crippen LogP contribution < -0.4 is 0 Å². The molecule has 12 heavy (non-hydrogen) atoms. The van der Waals surface area contributed by atoms with Crippen LogP contribution in [0.4, 0.5) is 0 Å². The standard InChI is InChI=1S/C10H13NO/c1-7-2-3-10(11-5-7)9-4-8(9)6-12/h2-3,5,8-9,12H,4,6H2,1H3/t8?,9-/m0/s1. The van der Waals surface area contributed by atoms with Crippen molar-refractivity contribution in [3.8, 4) is 0 Å². The summed E-state index contributed by atoms with van der Waals surface area (Å²) in [5.41, 5.74) is 2.33. The van der Waals surface area contributed by atoms with Crippen LogP contribution in [0.1, 0.15) is 23.6 Å². The van der Waals surface area contributed by atoms with E-state index in [1.807, 2.05) is 13.1 Å². The van der Waals surface area contributed by atoms with E-state index in [-0.39, 0.29) is 0 Å². The first-order chi connectivity index (χ1) is 5.81. The van der Waals surface area contributed by atoms with Gasteiger partial charge in [-0.1, -0.05) is 6.07 Å². The smallest absolute Gasteiger partial charge is 0.0465 e. The predicted octanol–water partition coefficient (Wildman–Crippen LogP) is 1.49. The van der Waals surface area contributed by atoms with Crippen LogP contribution in [0.2, 0.25) is 0 Å². The number of rotatable bonds is 2. The summed E-state index contributed by atoms with van der Waals surface area (Å²) in [6.45, 7) is 2.34. The van der Waals surface area contributed by atoms with Gasteiger partial charge in [-0.15, -0.1) is 0 Å². The maximum Gasteiger partial charge on any atom is 0.0465 e. The van der Waals surface area contributed by atoms with Gasteiger partial charge in [-0.05, 0) is 30.9 Å². The molecule has 1 saturated carbocycles. The van der Waals surface area contributed by atoms with Gasteiger partial charge in [-0.2, -0.15) is 0 Å². The van der Waals surface area contributed by atoms with Crippen molar-refractivity contribution in [2.24, 2.45) is 5.92 Å². The Morgan fingerprint density at radius 2 is 2.42 bits per heavy atom. The average molecular weight is 163 g/mol. The Labute approximate surface area is 72.3 Å². The predicted molar refractivity (Wildman–Crippen MR) is 46.9 cm³/mol. The van der Waals surface area contributed by atoms with Gasteiger partial charge in [0.15, 0.2) is 0 Å². The van der Waals surface area contributed by atoms with Gasteiger partial charge in [-0.3, -0.25) is 4.98 Å². The van der Waals surface area contributed by atoms with E-state index < -0.39 is 0 Å². The van der Waals surface area contributed by atoms with Crippen LogP contribution in [0, 0.1) is 12.8 Å². The second-order valence-electron chi connectivity index (χ2n) is 3.55. The fraction of sp³-hybridized carbons (Fsp3) is 0.500. The highest BCUT2D eigenvalue weighted by Crippen LogP contribution is 2.45. The molecular formula is C10H13NO. The zero-order valence-electron chi connectivity index (χ0n) is 7.20. The van der Waals surface area contributed by atoms with Crippen molar-refractivity contribution >= 4 is 0 Å². The zero-order valence-corrected chi connectivity index (χ0v) is 7.20. The minimum Gasteiger partial charge on any atom is -0.396 e. The number of aliphatic hydroxyl groups is 1. The van der Waals surface area contributed by atoms with Gasteiger partial charge in [-0.25, -0.2) is 0 Å². The first-order valence-electron chi connectivity index (χ1n) is 4.34. The van der Waals surface area contributed by atoms with Gasteiger partial charge in [0, 0.05) is 24.4 Å². The molecule has 0 saturated heterocycles. The number of aliphatic hydroxyl groups excluding tert-OH is 1. The van der Waals surface area contributed by atoms with E-state index in [4.69, 9.17) is 5.11 Å². The third-order valence-corrected chi connectivity index (χ3v) is 2.47. The highest BCUT2D eigenvalue weighted by molar-refractivity contribution is 5.20. The van der Waals surface area contributed by atoms with Gasteiger partial charge >= 0.3 is 0 Å². The fourth-order valence-corrected chi connectivity index (χ4v) is 1.51. The molecule has 1 aliphatic rings. The van der Waals surface area contributed by atoms with Crippen molar-refractivity contribution in [3.05, 3.63) is 29.6 Å². The van der Waals surface area contributed by atoms with Crippen LogP contribution >= 0.6 is 0 Å². The number of aromatic nitrogens is 1. The second-order valence-corrected chi connectivity index (χ2v) is 3.55. The molecule has 2 nitrogen and oxygen atoms in total. The molecular weight excluding hydrogens is 150 g/mol. The number of hydrogen-bond donors (Lipinski definition) is 1. The van der Waals surface area contributed by atoms with Crippen molar-refractivity contribution in [2.75, 3.05) is 6.61 Å². The third kappa shape index (κ3) is 1.34. The Morgan fingerprint density at radius 1 is 1.58 bits per heavy atom. The lowest BCUT2D eigenvalue weighted by molar-refractivity contribution is 0.273. The van der Waals surface area contributed by atoms with Crippen LogP contribution in [0.5, 0.6) is 0 Å². The van der Waals surface area contributed by atoms with Crippen molar-refractivity contribution in [1.29, 1.82) is 0 Å². The van der Waals surface area contributed by atoms with E-state index in [0.717, 1.165) is 12.1 Å². The third-order valence-electron chi connectivity index (χ3n) is 2.47. The SMILES string of the molecule is Cc1ccc([C@H]2CC2CO)nc1. The van der Waals surface area contributed by atoms with Gasteiger partial charge in [0.1, 0.15) is 0 Å². The minimum absolute atomic E-state index is 0.306. The second kappa shape index (κ2) is 2.87. The summed E-state index contributed by atoms with van der Waals surface area (Å²) in [6.07, 6.45) is 2.99. The Morgan fingerprint density at radius 3 is 2.92 bits per heavy atom. The topological polar surface area (TPSA) is 33.1 Å². The fourth-order valence-electron chi connectivity index (χ4n) is 1.51. The summed E-state index contributed by atoms with van der Waals surface area (Å²) in [6, 6.07) is 4.14. The van der Waals surface area contributed by atoms with Gasteiger partial charge in [0.2, 0.25) is 0 Å². The molecule has 2 rings (SSSR count). The first kappa shape index (κ1) is 7.74. The van der Waals surface area contributed by atoms with Gasteiger partial charge in [0.25, 0.3) is 0 Å². The molecule has 1 unspecified atom stereocenters. The zero-order chi connectivity index (χ0) is 8.55. The Bertz CT molecular complexity index is 268. The lowest BCUT2D eigenvalue weighted by atomic mass is 10.2. The van der Waals surface area contributed by atoms with Crippen molar-refractivity contribution < 1.29 is 5.11 Å². The molecule has 1 N–H and O–H groups in total. The molecule has 0 amide bonds. The van der Waals surface area contributed by atoms with Crippen LogP contribution in [0.3, 0.4) is 0 Å². The molecule has 0 bridgehead atoms. The molecule has 0 radical (unpaired) electrons. The minimum atomic E-state index is 0.306. The van der Waals surface area contributed by atoms with Gasteiger partial charge < -0.3 is 5.11 Å². The molecule has 1 fully saturated rings. The summed E-state index contributed by atoms with van der Waals surface area (Å²) < 4.78 is 0. The number of nitrogens with zero attached hydrogens (tertiary/aromatic N) is 1. The number of pyridine rings is 1. The monoisotopic (exact) mass is 163 g/mol. The van der Waals surface area contributed by atoms with Crippen LogP contribution in [-0.2, 0) is 0 Å². The maximum absolute atomic E-state index is 8.86. The Balaban J connectivity index is 2.10. The van der Waals surface area contributed by atoms with Crippen molar-refractivity contribution in [3.63, 3.8) is 0 Å². The lowest BCUT2D eigenvalue weighted by Gasteiger charge is -1.97. The summed E-state index contributed by atoms with van der Waals surface area (Å²) in [4.78, 5) is 4.33. The summed E-state index contributed by atoms with van der Waals surface area (Å²) in [5.74, 6) is 0.996. The number of hydrogen-bond acceptors (Lipinski definition) is 2. The van der Waals surface area contributed by atoms with Crippen molar-refractivity contribution in [1.82, 2.24) is 4.98 Å². The van der Waals surface area contributed by atoms with E-state index in [9.17, 15) is 0 Å². The molecule has 1 aromatic rings. The van der Waals surface area contributed by atoms with E-state index in [1.165, 1.54) is 5.56 Å². The van der Waals surface area contributed by atoms with Crippen molar-refractivity contribution in [2.45, 2.75) is 19.3 Å². The molecule has 1 aliphatic carbocycles. The quantitative estimate of drug-likeness (QED) is 0.716. The van der Waals surface area contributed by atoms with Gasteiger partial charge in [0.05, 0.1) is 0 Å². The molecule has 2 heteroatoms. The maximum atomic E-state index is 8.86. The summed E-state index contributed by atoms with van der Waals surface area (Å²) in [5, 5.41) is 8.86. The molecule has 0 aromatic carbocycles. The number of aryl methyl sites for hydroxylation is 1. The molecule has 1 heterocycles. The lowest BCUT2D eigenvalue weighted by Crippen LogP contribution is -1.91. The molecule has 0 aliphatic heterocycles. The van der Waals surface area contributed by atoms with E-state index in [0.29, 0.717) is 18.4 Å². The first-order valence-corrected chi connectivity index (χ1v) is 4.34. The molecule has 1 aromatic heterocycles. The summed E-state index contributed by atoms with van der Waals surface area (Å²) in [7, 11) is 0. The van der Waals surface area contributed by atoms with E-state index in [1.54, 1.807) is 0 Å². The van der Waals surface area contributed by atoms with Crippen LogP contribution in [-0.4, -0.2) is 16.7 Å². The average Bonchev–Trinajstić information content (AvgIpc) is 2.85. The molecule has 0 spiro atoms. The normalized spacial score (nSPS) is 27.2. The van der Waals surface area contributed by atoms with Crippen LogP contribution in [0.25, 0.3) is 0 Å². The molecule has 64 valence electrons. The Hall–Kier alpha value is -0.890. The van der Waals surface area contributed by atoms with E-state index in [2.05, 4.69) is 17.1 Å². The summed E-state index contributed by atoms with van der Waals surface area (Å²) >= 11 is 0. The largest absolute Gasteiger partial charge is 0.396 e. The molecule has 2 atom stereocenters. The Kier molecular flexibility index (Phi) is 1.85. The highest BCUT2D eigenvalue weighted by Gasteiger charge is 2.38.